The first-order valence-corrected chi connectivity index (χ1v) is 7.96. The fourth-order valence-corrected chi connectivity index (χ4v) is 3.95. The van der Waals surface area contributed by atoms with Crippen LogP contribution in [-0.4, -0.2) is 44.0 Å². The standard InChI is InChI=1S/C14H16N2O3S/c1-11-9-12-3-2-4-13(14(12)15-10-11)20(17,18)16-5-7-19-8-6-16/h2-4,9-10H,5-8H2,1H3. The van der Waals surface area contributed by atoms with Gasteiger partial charge in [0.05, 0.1) is 18.7 Å². The molecule has 1 saturated heterocycles. The third kappa shape index (κ3) is 2.30. The van der Waals surface area contributed by atoms with Gasteiger partial charge in [-0.3, -0.25) is 4.98 Å². The van der Waals surface area contributed by atoms with Crippen molar-refractivity contribution in [3.8, 4) is 0 Å². The number of rotatable bonds is 2. The molecule has 0 atom stereocenters. The molecule has 5 nitrogen and oxygen atoms in total. The van der Waals surface area contributed by atoms with Gasteiger partial charge in [0.15, 0.2) is 0 Å². The maximum atomic E-state index is 12.7. The van der Waals surface area contributed by atoms with E-state index in [9.17, 15) is 8.42 Å². The van der Waals surface area contributed by atoms with Crippen LogP contribution < -0.4 is 0 Å². The molecule has 0 aliphatic carbocycles. The van der Waals surface area contributed by atoms with Gasteiger partial charge in [0.1, 0.15) is 4.90 Å². The van der Waals surface area contributed by atoms with Gasteiger partial charge in [0.25, 0.3) is 0 Å². The van der Waals surface area contributed by atoms with E-state index in [1.807, 2.05) is 19.1 Å². The second kappa shape index (κ2) is 5.12. The number of ether oxygens (including phenoxy) is 1. The second-order valence-corrected chi connectivity index (χ2v) is 6.76. The van der Waals surface area contributed by atoms with Crippen molar-refractivity contribution >= 4 is 20.9 Å². The van der Waals surface area contributed by atoms with Gasteiger partial charge in [0.2, 0.25) is 10.0 Å². The fourth-order valence-electron chi connectivity index (χ4n) is 2.38. The van der Waals surface area contributed by atoms with E-state index in [1.54, 1.807) is 18.3 Å². The summed E-state index contributed by atoms with van der Waals surface area (Å²) in [4.78, 5) is 4.58. The highest BCUT2D eigenvalue weighted by Crippen LogP contribution is 2.25. The number of benzene rings is 1. The Bertz CT molecular complexity index is 737. The lowest BCUT2D eigenvalue weighted by atomic mass is 10.2. The molecule has 2 heterocycles. The average Bonchev–Trinajstić information content (AvgIpc) is 2.47. The smallest absolute Gasteiger partial charge is 0.245 e. The summed E-state index contributed by atoms with van der Waals surface area (Å²) in [6, 6.07) is 7.21. The van der Waals surface area contributed by atoms with Crippen molar-refractivity contribution in [1.29, 1.82) is 0 Å². The molecule has 106 valence electrons. The number of nitrogens with zero attached hydrogens (tertiary/aromatic N) is 2. The first-order valence-electron chi connectivity index (χ1n) is 6.52. The van der Waals surface area contributed by atoms with E-state index >= 15 is 0 Å². The summed E-state index contributed by atoms with van der Waals surface area (Å²) in [6.45, 7) is 3.61. The zero-order valence-corrected chi connectivity index (χ0v) is 12.1. The number of aryl methyl sites for hydroxylation is 1. The summed E-state index contributed by atoms with van der Waals surface area (Å²) in [6.07, 6.45) is 1.70. The van der Waals surface area contributed by atoms with Crippen molar-refractivity contribution in [2.24, 2.45) is 0 Å². The Morgan fingerprint density at radius 2 is 2.00 bits per heavy atom. The molecule has 0 unspecified atom stereocenters. The average molecular weight is 292 g/mol. The minimum Gasteiger partial charge on any atom is -0.379 e. The number of aromatic nitrogens is 1. The van der Waals surface area contributed by atoms with E-state index in [0.717, 1.165) is 10.9 Å². The van der Waals surface area contributed by atoms with E-state index in [4.69, 9.17) is 4.74 Å². The van der Waals surface area contributed by atoms with Gasteiger partial charge < -0.3 is 4.74 Å². The molecule has 1 aromatic heterocycles. The molecule has 0 N–H and O–H groups in total. The van der Waals surface area contributed by atoms with Crippen LogP contribution in [0.25, 0.3) is 10.9 Å². The number of para-hydroxylation sites is 1. The van der Waals surface area contributed by atoms with E-state index in [1.165, 1.54) is 4.31 Å². The molecule has 0 saturated carbocycles. The molecule has 1 aromatic carbocycles. The molecule has 1 fully saturated rings. The molecule has 0 spiro atoms. The molecule has 6 heteroatoms. The summed E-state index contributed by atoms with van der Waals surface area (Å²) >= 11 is 0. The summed E-state index contributed by atoms with van der Waals surface area (Å²) in [5.41, 5.74) is 1.54. The lowest BCUT2D eigenvalue weighted by molar-refractivity contribution is 0.0730. The molecule has 3 rings (SSSR count). The lowest BCUT2D eigenvalue weighted by Gasteiger charge is -2.26. The molecule has 0 bridgehead atoms. The van der Waals surface area contributed by atoms with Gasteiger partial charge in [-0.05, 0) is 24.6 Å². The van der Waals surface area contributed by atoms with E-state index in [2.05, 4.69) is 4.98 Å². The Morgan fingerprint density at radius 1 is 1.25 bits per heavy atom. The summed E-state index contributed by atoms with van der Waals surface area (Å²) in [5.74, 6) is 0. The monoisotopic (exact) mass is 292 g/mol. The third-order valence-corrected chi connectivity index (χ3v) is 5.33. The maximum absolute atomic E-state index is 12.7. The Morgan fingerprint density at radius 3 is 2.75 bits per heavy atom. The van der Waals surface area contributed by atoms with Crippen LogP contribution in [0.2, 0.25) is 0 Å². The second-order valence-electron chi connectivity index (χ2n) is 4.86. The number of hydrogen-bond donors (Lipinski definition) is 0. The molecule has 1 aliphatic rings. The van der Waals surface area contributed by atoms with Crippen LogP contribution in [0.4, 0.5) is 0 Å². The largest absolute Gasteiger partial charge is 0.379 e. The van der Waals surface area contributed by atoms with Crippen molar-refractivity contribution in [3.05, 3.63) is 36.0 Å². The van der Waals surface area contributed by atoms with E-state index in [-0.39, 0.29) is 4.90 Å². The zero-order valence-electron chi connectivity index (χ0n) is 11.2. The van der Waals surface area contributed by atoms with Crippen LogP contribution in [0.3, 0.4) is 0 Å². The molecule has 0 amide bonds. The zero-order chi connectivity index (χ0) is 14.2. The van der Waals surface area contributed by atoms with Gasteiger partial charge in [0, 0.05) is 24.7 Å². The SMILES string of the molecule is Cc1cnc2c(S(=O)(=O)N3CCOCC3)cccc2c1. The van der Waals surface area contributed by atoms with Gasteiger partial charge in [-0.2, -0.15) is 4.31 Å². The van der Waals surface area contributed by atoms with Gasteiger partial charge in [-0.15, -0.1) is 0 Å². The van der Waals surface area contributed by atoms with Crippen LogP contribution in [0.1, 0.15) is 5.56 Å². The summed E-state index contributed by atoms with van der Waals surface area (Å²) in [7, 11) is -3.51. The highest BCUT2D eigenvalue weighted by Gasteiger charge is 2.28. The predicted molar refractivity (Wildman–Crippen MR) is 76.1 cm³/mol. The Labute approximate surface area is 118 Å². The molecule has 20 heavy (non-hydrogen) atoms. The van der Waals surface area contributed by atoms with Crippen LogP contribution >= 0.6 is 0 Å². The molecular weight excluding hydrogens is 276 g/mol. The molecule has 1 aliphatic heterocycles. The van der Waals surface area contributed by atoms with Gasteiger partial charge in [-0.1, -0.05) is 12.1 Å². The molecular formula is C14H16N2O3S. The Kier molecular flexibility index (Phi) is 3.45. The number of hydrogen-bond acceptors (Lipinski definition) is 4. The predicted octanol–water partition coefficient (Wildman–Crippen LogP) is 1.56. The number of sulfonamides is 1. The van der Waals surface area contributed by atoms with Crippen molar-refractivity contribution in [1.82, 2.24) is 9.29 Å². The van der Waals surface area contributed by atoms with Gasteiger partial charge in [-0.25, -0.2) is 8.42 Å². The van der Waals surface area contributed by atoms with Crippen LogP contribution in [0.5, 0.6) is 0 Å². The minimum atomic E-state index is -3.51. The summed E-state index contributed by atoms with van der Waals surface area (Å²) < 4.78 is 32.1. The van der Waals surface area contributed by atoms with Crippen LogP contribution in [0.15, 0.2) is 35.4 Å². The topological polar surface area (TPSA) is 59.5 Å². The normalized spacial score (nSPS) is 17.4. The summed E-state index contributed by atoms with van der Waals surface area (Å²) in [5, 5.41) is 0.847. The third-order valence-electron chi connectivity index (χ3n) is 3.40. The van der Waals surface area contributed by atoms with E-state index in [0.29, 0.717) is 31.8 Å². The lowest BCUT2D eigenvalue weighted by Crippen LogP contribution is -2.40. The first kappa shape index (κ1) is 13.5. The first-order chi connectivity index (χ1) is 9.59. The molecule has 2 aromatic rings. The Hall–Kier alpha value is -1.50. The van der Waals surface area contributed by atoms with E-state index < -0.39 is 10.0 Å². The van der Waals surface area contributed by atoms with Gasteiger partial charge >= 0.3 is 0 Å². The van der Waals surface area contributed by atoms with Crippen molar-refractivity contribution in [2.45, 2.75) is 11.8 Å². The maximum Gasteiger partial charge on any atom is 0.245 e. The number of morpholine rings is 1. The van der Waals surface area contributed by atoms with Crippen molar-refractivity contribution in [3.63, 3.8) is 0 Å². The van der Waals surface area contributed by atoms with Crippen LogP contribution in [-0.2, 0) is 14.8 Å². The van der Waals surface area contributed by atoms with Crippen molar-refractivity contribution < 1.29 is 13.2 Å². The molecule has 0 radical (unpaired) electrons. The van der Waals surface area contributed by atoms with Crippen molar-refractivity contribution in [2.75, 3.05) is 26.3 Å². The van der Waals surface area contributed by atoms with Crippen LogP contribution in [0, 0.1) is 6.92 Å². The highest BCUT2D eigenvalue weighted by molar-refractivity contribution is 7.89. The Balaban J connectivity index is 2.13. The quantitative estimate of drug-likeness (QED) is 0.843. The fraction of sp³-hybridized carbons (Fsp3) is 0.357. The number of fused-ring (bicyclic) bond motifs is 1. The minimum absolute atomic E-state index is 0.275. The highest BCUT2D eigenvalue weighted by atomic mass is 32.2. The number of pyridine rings is 1.